The molecule has 0 bridgehead atoms. The van der Waals surface area contributed by atoms with E-state index in [4.69, 9.17) is 4.74 Å². The highest BCUT2D eigenvalue weighted by Gasteiger charge is 2.13. The molecular formula is C22H34O3. The number of rotatable bonds is 3. The molecule has 0 saturated carbocycles. The van der Waals surface area contributed by atoms with E-state index in [2.05, 4.69) is 39.2 Å². The third-order valence-electron chi connectivity index (χ3n) is 4.90. The van der Waals surface area contributed by atoms with Gasteiger partial charge in [0.25, 0.3) is 0 Å². The van der Waals surface area contributed by atoms with E-state index in [1.54, 1.807) is 0 Å². The predicted octanol–water partition coefficient (Wildman–Crippen LogP) is 5.28. The summed E-state index contributed by atoms with van der Waals surface area (Å²) >= 11 is 0. The number of carbonyl (C=O) groups excluding carboxylic acids is 1. The van der Waals surface area contributed by atoms with Crippen LogP contribution in [0.15, 0.2) is 47.6 Å². The minimum atomic E-state index is -0.505. The van der Waals surface area contributed by atoms with Crippen LogP contribution in [0.4, 0.5) is 0 Å². The van der Waals surface area contributed by atoms with Crippen LogP contribution in [0.1, 0.15) is 65.7 Å². The maximum atomic E-state index is 11.1. The molecule has 0 aromatic heterocycles. The smallest absolute Gasteiger partial charge is 0.302 e. The number of carbonyl (C=O) groups is 1. The molecule has 0 saturated heterocycles. The Labute approximate surface area is 153 Å². The fourth-order valence-electron chi connectivity index (χ4n) is 3.00. The number of aliphatic hydroxyl groups is 1. The van der Waals surface area contributed by atoms with Crippen LogP contribution in [0, 0.1) is 5.92 Å². The van der Waals surface area contributed by atoms with Crippen molar-refractivity contribution in [2.75, 3.05) is 6.61 Å². The molecule has 1 aliphatic rings. The van der Waals surface area contributed by atoms with E-state index in [1.807, 2.05) is 0 Å². The Hall–Kier alpha value is -1.61. The zero-order valence-corrected chi connectivity index (χ0v) is 16.1. The Morgan fingerprint density at radius 2 is 1.96 bits per heavy atom. The average Bonchev–Trinajstić information content (AvgIpc) is 2.54. The molecule has 0 fully saturated rings. The van der Waals surface area contributed by atoms with Gasteiger partial charge in [0.15, 0.2) is 0 Å². The van der Waals surface area contributed by atoms with Gasteiger partial charge >= 0.3 is 5.97 Å². The summed E-state index contributed by atoms with van der Waals surface area (Å²) < 4.78 is 5.18. The van der Waals surface area contributed by atoms with Gasteiger partial charge in [-0.2, -0.15) is 0 Å². The highest BCUT2D eigenvalue weighted by atomic mass is 16.5. The lowest BCUT2D eigenvalue weighted by atomic mass is 9.89. The summed E-state index contributed by atoms with van der Waals surface area (Å²) in [4.78, 5) is 11.1. The maximum Gasteiger partial charge on any atom is 0.302 e. The van der Waals surface area contributed by atoms with Crippen molar-refractivity contribution in [3.63, 3.8) is 0 Å². The second kappa shape index (κ2) is 11.1. The number of aliphatic hydroxyl groups excluding tert-OH is 1. The normalized spacial score (nSPS) is 26.0. The van der Waals surface area contributed by atoms with Gasteiger partial charge in [-0.3, -0.25) is 4.79 Å². The molecule has 2 atom stereocenters. The van der Waals surface area contributed by atoms with Gasteiger partial charge in [-0.05, 0) is 75.9 Å². The lowest BCUT2D eigenvalue weighted by molar-refractivity contribution is -0.140. The number of esters is 1. The van der Waals surface area contributed by atoms with Crippen LogP contribution in [0.3, 0.4) is 0 Å². The molecule has 1 aliphatic carbocycles. The van der Waals surface area contributed by atoms with Crippen molar-refractivity contribution in [3.05, 3.63) is 47.6 Å². The molecule has 25 heavy (non-hydrogen) atoms. The summed E-state index contributed by atoms with van der Waals surface area (Å²) in [5, 5.41) is 10.3. The molecule has 0 spiro atoms. The molecule has 0 heterocycles. The van der Waals surface area contributed by atoms with E-state index in [0.29, 0.717) is 25.4 Å². The molecule has 1 N–H and O–H groups in total. The molecule has 0 aromatic rings. The highest BCUT2D eigenvalue weighted by Crippen LogP contribution is 2.25. The van der Waals surface area contributed by atoms with Crippen LogP contribution in [0.2, 0.25) is 0 Å². The van der Waals surface area contributed by atoms with Crippen LogP contribution in [-0.2, 0) is 9.53 Å². The van der Waals surface area contributed by atoms with E-state index in [-0.39, 0.29) is 5.97 Å². The van der Waals surface area contributed by atoms with E-state index < -0.39 is 6.10 Å². The predicted molar refractivity (Wildman–Crippen MR) is 104 cm³/mol. The van der Waals surface area contributed by atoms with Gasteiger partial charge in [0.2, 0.25) is 0 Å². The average molecular weight is 347 g/mol. The second-order valence-corrected chi connectivity index (χ2v) is 7.26. The fraction of sp³-hybridized carbons (Fsp3) is 0.591. The Bertz CT molecular complexity index is 539. The molecule has 0 radical (unpaired) electrons. The Morgan fingerprint density at radius 1 is 1.24 bits per heavy atom. The summed E-state index contributed by atoms with van der Waals surface area (Å²) in [6.07, 6.45) is 10.0. The van der Waals surface area contributed by atoms with Crippen LogP contribution >= 0.6 is 0 Å². The highest BCUT2D eigenvalue weighted by molar-refractivity contribution is 5.66. The topological polar surface area (TPSA) is 46.5 Å². The summed E-state index contributed by atoms with van der Waals surface area (Å²) in [5.74, 6) is 0.154. The Kier molecular flexibility index (Phi) is 9.51. The minimum Gasteiger partial charge on any atom is -0.461 e. The molecule has 3 heteroatoms. The van der Waals surface area contributed by atoms with Crippen molar-refractivity contribution < 1.29 is 14.6 Å². The van der Waals surface area contributed by atoms with Crippen molar-refractivity contribution in [2.45, 2.75) is 71.8 Å². The van der Waals surface area contributed by atoms with E-state index in [0.717, 1.165) is 43.3 Å². The minimum absolute atomic E-state index is 0.275. The molecule has 0 aromatic carbocycles. The third kappa shape index (κ3) is 8.87. The Morgan fingerprint density at radius 3 is 2.60 bits per heavy atom. The lowest BCUT2D eigenvalue weighted by Crippen LogP contribution is -2.12. The molecule has 0 aliphatic heterocycles. The van der Waals surface area contributed by atoms with Gasteiger partial charge in [-0.15, -0.1) is 0 Å². The van der Waals surface area contributed by atoms with Gasteiger partial charge in [0, 0.05) is 6.92 Å². The van der Waals surface area contributed by atoms with E-state index in [1.165, 1.54) is 18.1 Å². The standard InChI is InChI=1S/C22H34O3/c1-16(2)21-12-9-17(3)7-6-8-18(4)22(24)14-11-20(10-13-21)15-25-19(5)23/h7,10,21-22,24H,1,4,6,8-9,11-15H2,2-3,5H3/b17-7+,20-10?/t21-,22+/m0/s1. The maximum absolute atomic E-state index is 11.1. The molecule has 1 rings (SSSR count). The molecule has 0 amide bonds. The van der Waals surface area contributed by atoms with Gasteiger partial charge < -0.3 is 9.84 Å². The monoisotopic (exact) mass is 346 g/mol. The van der Waals surface area contributed by atoms with E-state index in [9.17, 15) is 9.90 Å². The van der Waals surface area contributed by atoms with Crippen LogP contribution < -0.4 is 0 Å². The number of hydrogen-bond acceptors (Lipinski definition) is 3. The molecule has 0 unspecified atom stereocenters. The number of allylic oxidation sites excluding steroid dienone is 4. The number of ether oxygens (including phenoxy) is 1. The SMILES string of the molecule is C=C(C)[C@@H]1CC=C(COC(C)=O)CC[C@@H](O)C(=C)CC/C=C(\C)CC1. The summed E-state index contributed by atoms with van der Waals surface area (Å²) in [7, 11) is 0. The number of hydrogen-bond donors (Lipinski definition) is 1. The second-order valence-electron chi connectivity index (χ2n) is 7.26. The first-order chi connectivity index (χ1) is 11.8. The fourth-order valence-corrected chi connectivity index (χ4v) is 3.00. The summed E-state index contributed by atoms with van der Waals surface area (Å²) in [6, 6.07) is 0. The van der Waals surface area contributed by atoms with Crippen molar-refractivity contribution in [3.8, 4) is 0 Å². The largest absolute Gasteiger partial charge is 0.461 e. The van der Waals surface area contributed by atoms with Crippen molar-refractivity contribution >= 4 is 5.97 Å². The first-order valence-electron chi connectivity index (χ1n) is 9.27. The molecule has 3 nitrogen and oxygen atoms in total. The molecular weight excluding hydrogens is 312 g/mol. The zero-order chi connectivity index (χ0) is 18.8. The van der Waals surface area contributed by atoms with Crippen LogP contribution in [-0.4, -0.2) is 23.8 Å². The lowest BCUT2D eigenvalue weighted by Gasteiger charge is -2.19. The van der Waals surface area contributed by atoms with E-state index >= 15 is 0 Å². The molecule has 140 valence electrons. The van der Waals surface area contributed by atoms with Gasteiger partial charge in [0.05, 0.1) is 6.10 Å². The summed E-state index contributed by atoms with van der Waals surface area (Å²) in [6.45, 7) is 14.1. The summed E-state index contributed by atoms with van der Waals surface area (Å²) in [5.41, 5.74) is 4.52. The van der Waals surface area contributed by atoms with Crippen molar-refractivity contribution in [2.24, 2.45) is 5.92 Å². The quantitative estimate of drug-likeness (QED) is 0.559. The van der Waals surface area contributed by atoms with Gasteiger partial charge in [-0.25, -0.2) is 0 Å². The van der Waals surface area contributed by atoms with Crippen LogP contribution in [0.5, 0.6) is 0 Å². The zero-order valence-electron chi connectivity index (χ0n) is 16.1. The first kappa shape index (κ1) is 21.4. The van der Waals surface area contributed by atoms with Crippen molar-refractivity contribution in [1.82, 2.24) is 0 Å². The third-order valence-corrected chi connectivity index (χ3v) is 4.90. The first-order valence-corrected chi connectivity index (χ1v) is 9.27. The van der Waals surface area contributed by atoms with Gasteiger partial charge in [-0.1, -0.05) is 36.5 Å². The van der Waals surface area contributed by atoms with Crippen LogP contribution in [0.25, 0.3) is 0 Å². The van der Waals surface area contributed by atoms with Crippen molar-refractivity contribution in [1.29, 1.82) is 0 Å². The van der Waals surface area contributed by atoms with Gasteiger partial charge in [0.1, 0.15) is 6.61 Å². The Balaban J connectivity index is 2.91.